The summed E-state index contributed by atoms with van der Waals surface area (Å²) in [4.78, 5) is 0. The maximum absolute atomic E-state index is 12.6. The lowest BCUT2D eigenvalue weighted by atomic mass is 10.2. The fourth-order valence-electron chi connectivity index (χ4n) is 1.55. The van der Waals surface area contributed by atoms with Crippen LogP contribution in [0.1, 0.15) is 5.56 Å². The average Bonchev–Trinajstić information content (AvgIpc) is 2.40. The highest BCUT2D eigenvalue weighted by molar-refractivity contribution is 6.32. The number of benzene rings is 2. The molecule has 0 aliphatic rings. The summed E-state index contributed by atoms with van der Waals surface area (Å²) in [6.45, 7) is 0. The summed E-state index contributed by atoms with van der Waals surface area (Å²) >= 11 is 5.96. The highest BCUT2D eigenvalue weighted by atomic mass is 35.5. The van der Waals surface area contributed by atoms with Crippen molar-refractivity contribution in [2.45, 2.75) is 6.18 Å². The quantitative estimate of drug-likeness (QED) is 0.779. The summed E-state index contributed by atoms with van der Waals surface area (Å²) in [6.07, 6.45) is -4.41. The van der Waals surface area contributed by atoms with E-state index in [0.29, 0.717) is 5.75 Å². The number of hydrogen-bond donors (Lipinski definition) is 0. The molecule has 0 heterocycles. The zero-order valence-corrected chi connectivity index (χ0v) is 11.1. The van der Waals surface area contributed by atoms with Gasteiger partial charge >= 0.3 is 6.18 Å². The van der Waals surface area contributed by atoms with Gasteiger partial charge in [0.1, 0.15) is 17.2 Å². The summed E-state index contributed by atoms with van der Waals surface area (Å²) in [5, 5.41) is 0.252. The fraction of sp³-hybridized carbons (Fsp3) is 0.143. The lowest BCUT2D eigenvalue weighted by Gasteiger charge is -2.11. The Morgan fingerprint density at radius 1 is 1.00 bits per heavy atom. The van der Waals surface area contributed by atoms with Gasteiger partial charge in [-0.2, -0.15) is 13.2 Å². The van der Waals surface area contributed by atoms with Gasteiger partial charge in [0.2, 0.25) is 0 Å². The van der Waals surface area contributed by atoms with Gasteiger partial charge in [-0.15, -0.1) is 0 Å². The second kappa shape index (κ2) is 5.63. The first-order chi connectivity index (χ1) is 9.40. The fourth-order valence-corrected chi connectivity index (χ4v) is 1.76. The predicted octanol–water partition coefficient (Wildman–Crippen LogP) is 5.16. The lowest BCUT2D eigenvalue weighted by Crippen LogP contribution is -2.04. The Kier molecular flexibility index (Phi) is 4.09. The van der Waals surface area contributed by atoms with Gasteiger partial charge in [0, 0.05) is 6.07 Å². The second-order valence-corrected chi connectivity index (χ2v) is 4.33. The number of rotatable bonds is 3. The maximum atomic E-state index is 12.6. The van der Waals surface area contributed by atoms with E-state index in [4.69, 9.17) is 21.1 Å². The topological polar surface area (TPSA) is 18.5 Å². The molecule has 6 heteroatoms. The van der Waals surface area contributed by atoms with E-state index in [-0.39, 0.29) is 16.5 Å². The van der Waals surface area contributed by atoms with Crippen LogP contribution in [0, 0.1) is 0 Å². The van der Waals surface area contributed by atoms with E-state index in [9.17, 15) is 13.2 Å². The third kappa shape index (κ3) is 3.36. The second-order valence-electron chi connectivity index (χ2n) is 3.92. The number of alkyl halides is 3. The van der Waals surface area contributed by atoms with Gasteiger partial charge in [0.25, 0.3) is 0 Å². The van der Waals surface area contributed by atoms with Crippen LogP contribution in [0.2, 0.25) is 5.02 Å². The monoisotopic (exact) mass is 302 g/mol. The molecule has 0 aliphatic heterocycles. The molecular weight excluding hydrogens is 293 g/mol. The summed E-state index contributed by atoms with van der Waals surface area (Å²) in [5.74, 6) is 0.852. The van der Waals surface area contributed by atoms with Crippen molar-refractivity contribution < 1.29 is 22.6 Å². The number of ether oxygens (including phenoxy) is 2. The molecule has 0 amide bonds. The van der Waals surface area contributed by atoms with E-state index in [1.54, 1.807) is 6.07 Å². The van der Waals surface area contributed by atoms with Crippen molar-refractivity contribution >= 4 is 11.6 Å². The van der Waals surface area contributed by atoms with E-state index in [0.717, 1.165) is 12.1 Å². The van der Waals surface area contributed by atoms with E-state index >= 15 is 0 Å². The van der Waals surface area contributed by atoms with E-state index in [1.165, 1.54) is 31.4 Å². The van der Waals surface area contributed by atoms with Crippen LogP contribution in [0.5, 0.6) is 17.2 Å². The maximum Gasteiger partial charge on any atom is 0.416 e. The van der Waals surface area contributed by atoms with Gasteiger partial charge in [0.15, 0.2) is 0 Å². The van der Waals surface area contributed by atoms with Crippen molar-refractivity contribution in [3.63, 3.8) is 0 Å². The average molecular weight is 303 g/mol. The minimum atomic E-state index is -4.41. The number of hydrogen-bond acceptors (Lipinski definition) is 2. The summed E-state index contributed by atoms with van der Waals surface area (Å²) in [6, 6.07) is 9.25. The summed E-state index contributed by atoms with van der Waals surface area (Å²) in [7, 11) is 1.49. The largest absolute Gasteiger partial charge is 0.497 e. The molecule has 0 N–H and O–H groups in total. The predicted molar refractivity (Wildman–Crippen MR) is 69.5 cm³/mol. The van der Waals surface area contributed by atoms with Crippen LogP contribution >= 0.6 is 11.6 Å². The minimum Gasteiger partial charge on any atom is -0.497 e. The summed E-state index contributed by atoms with van der Waals surface area (Å²) in [5.41, 5.74) is -0.778. The zero-order chi connectivity index (χ0) is 14.8. The van der Waals surface area contributed by atoms with Gasteiger partial charge in [-0.3, -0.25) is 0 Å². The molecule has 2 aromatic carbocycles. The zero-order valence-electron chi connectivity index (χ0n) is 10.4. The Labute approximate surface area is 118 Å². The first kappa shape index (κ1) is 14.5. The molecule has 2 rings (SSSR count). The number of methoxy groups -OCH3 is 1. The molecule has 0 spiro atoms. The first-order valence-corrected chi connectivity index (χ1v) is 5.96. The normalized spacial score (nSPS) is 11.2. The van der Waals surface area contributed by atoms with Crippen molar-refractivity contribution in [1.82, 2.24) is 0 Å². The van der Waals surface area contributed by atoms with Crippen LogP contribution in [0.3, 0.4) is 0 Å². The SMILES string of the molecule is COc1ccc(Oc2cccc(C(F)(F)F)c2)c(Cl)c1. The van der Waals surface area contributed by atoms with E-state index < -0.39 is 11.7 Å². The minimum absolute atomic E-state index is 0.0619. The molecule has 20 heavy (non-hydrogen) atoms. The van der Waals surface area contributed by atoms with Crippen LogP contribution < -0.4 is 9.47 Å². The molecular formula is C14H10ClF3O2. The highest BCUT2D eigenvalue weighted by Crippen LogP contribution is 2.35. The number of halogens is 4. The van der Waals surface area contributed by atoms with Crippen molar-refractivity contribution in [2.75, 3.05) is 7.11 Å². The molecule has 106 valence electrons. The molecule has 0 radical (unpaired) electrons. The Bertz CT molecular complexity index is 612. The molecule has 2 aromatic rings. The van der Waals surface area contributed by atoms with Gasteiger partial charge in [0.05, 0.1) is 17.7 Å². The van der Waals surface area contributed by atoms with Gasteiger partial charge < -0.3 is 9.47 Å². The Morgan fingerprint density at radius 3 is 2.35 bits per heavy atom. The smallest absolute Gasteiger partial charge is 0.416 e. The van der Waals surface area contributed by atoms with E-state index in [2.05, 4.69) is 0 Å². The van der Waals surface area contributed by atoms with Crippen LogP contribution in [-0.4, -0.2) is 7.11 Å². The summed E-state index contributed by atoms with van der Waals surface area (Å²) < 4.78 is 48.1. The van der Waals surface area contributed by atoms with Gasteiger partial charge in [-0.25, -0.2) is 0 Å². The molecule has 0 bridgehead atoms. The highest BCUT2D eigenvalue weighted by Gasteiger charge is 2.30. The van der Waals surface area contributed by atoms with Crippen LogP contribution in [0.25, 0.3) is 0 Å². The third-order valence-electron chi connectivity index (χ3n) is 2.53. The van der Waals surface area contributed by atoms with Crippen molar-refractivity contribution in [1.29, 1.82) is 0 Å². The third-order valence-corrected chi connectivity index (χ3v) is 2.82. The van der Waals surface area contributed by atoms with Crippen LogP contribution in [-0.2, 0) is 6.18 Å². The van der Waals surface area contributed by atoms with Crippen molar-refractivity contribution in [3.05, 3.63) is 53.1 Å². The molecule has 0 atom stereocenters. The van der Waals surface area contributed by atoms with Gasteiger partial charge in [-0.05, 0) is 30.3 Å². The molecule has 0 aromatic heterocycles. The Balaban J connectivity index is 2.26. The standard InChI is InChI=1S/C14H10ClF3O2/c1-19-10-5-6-13(12(15)8-10)20-11-4-2-3-9(7-11)14(16,17)18/h2-8H,1H3. The first-order valence-electron chi connectivity index (χ1n) is 5.59. The molecule has 0 unspecified atom stereocenters. The Morgan fingerprint density at radius 2 is 1.75 bits per heavy atom. The van der Waals surface area contributed by atoms with Gasteiger partial charge in [-0.1, -0.05) is 17.7 Å². The molecule has 0 fully saturated rings. The molecule has 0 saturated heterocycles. The van der Waals surface area contributed by atoms with Crippen LogP contribution in [0.15, 0.2) is 42.5 Å². The van der Waals surface area contributed by atoms with Crippen molar-refractivity contribution in [2.24, 2.45) is 0 Å². The molecule has 0 saturated carbocycles. The van der Waals surface area contributed by atoms with Crippen LogP contribution in [0.4, 0.5) is 13.2 Å². The van der Waals surface area contributed by atoms with Crippen molar-refractivity contribution in [3.8, 4) is 17.2 Å². The molecule has 2 nitrogen and oxygen atoms in total. The lowest BCUT2D eigenvalue weighted by molar-refractivity contribution is -0.137. The molecule has 0 aliphatic carbocycles. The van der Waals surface area contributed by atoms with E-state index in [1.807, 2.05) is 0 Å². The Hall–Kier alpha value is -1.88.